The lowest BCUT2D eigenvalue weighted by Crippen LogP contribution is -2.02. The average molecular weight is 197 g/mol. The molecule has 1 aliphatic carbocycles. The predicted molar refractivity (Wildman–Crippen MR) is 56.9 cm³/mol. The average Bonchev–Trinajstić information content (AvgIpc) is 3.08. The molecule has 0 aromatic heterocycles. The third kappa shape index (κ3) is 1.86. The summed E-state index contributed by atoms with van der Waals surface area (Å²) in [6.45, 7) is -0.131. The van der Waals surface area contributed by atoms with Gasteiger partial charge in [0.1, 0.15) is 6.61 Å². The fraction of sp³-hybridized carbons (Fsp3) is 0.308. The van der Waals surface area contributed by atoms with Crippen LogP contribution >= 0.6 is 0 Å². The summed E-state index contributed by atoms with van der Waals surface area (Å²) in [7, 11) is 0. The fourth-order valence-corrected chi connectivity index (χ4v) is 1.63. The van der Waals surface area contributed by atoms with Crippen molar-refractivity contribution in [1.82, 2.24) is 0 Å². The van der Waals surface area contributed by atoms with Crippen molar-refractivity contribution in [2.24, 2.45) is 0 Å². The maximum absolute atomic E-state index is 9.05. The highest BCUT2D eigenvalue weighted by Gasteiger charge is 2.44. The summed E-state index contributed by atoms with van der Waals surface area (Å²) in [4.78, 5) is 0. The van der Waals surface area contributed by atoms with Crippen LogP contribution in [0.5, 0.6) is 0 Å². The van der Waals surface area contributed by atoms with E-state index in [4.69, 9.17) is 10.4 Å². The lowest BCUT2D eigenvalue weighted by atomic mass is 9.96. The second-order valence-electron chi connectivity index (χ2n) is 3.73. The Morgan fingerprint density at radius 1 is 1.40 bits per heavy atom. The van der Waals surface area contributed by atoms with Gasteiger partial charge in [-0.1, -0.05) is 24.0 Å². The van der Waals surface area contributed by atoms with E-state index in [1.54, 1.807) is 0 Å². The minimum absolute atomic E-state index is 0.131. The third-order valence-corrected chi connectivity index (χ3v) is 2.69. The minimum Gasteiger partial charge on any atom is -0.384 e. The molecule has 1 aromatic carbocycles. The Kier molecular flexibility index (Phi) is 2.46. The molecule has 0 bridgehead atoms. The van der Waals surface area contributed by atoms with Gasteiger partial charge >= 0.3 is 0 Å². The van der Waals surface area contributed by atoms with Crippen molar-refractivity contribution in [2.45, 2.75) is 18.3 Å². The van der Waals surface area contributed by atoms with Crippen LogP contribution in [-0.4, -0.2) is 11.7 Å². The smallest absolute Gasteiger partial charge is 0.104 e. The van der Waals surface area contributed by atoms with Crippen molar-refractivity contribution < 1.29 is 5.11 Å². The SMILES string of the molecule is N#CC1(c2cccc(C#CCO)c2)CC1. The van der Waals surface area contributed by atoms with Gasteiger partial charge < -0.3 is 5.11 Å². The van der Waals surface area contributed by atoms with Crippen LogP contribution in [0.4, 0.5) is 0 Å². The minimum atomic E-state index is -0.253. The standard InChI is InChI=1S/C13H11NO/c14-10-13(6-7-13)12-5-1-3-11(9-12)4-2-8-15/h1,3,5,9,15H,6-8H2. The van der Waals surface area contributed by atoms with Gasteiger partial charge in [-0.3, -0.25) is 0 Å². The van der Waals surface area contributed by atoms with Gasteiger partial charge in [0.2, 0.25) is 0 Å². The molecule has 0 spiro atoms. The highest BCUT2D eigenvalue weighted by molar-refractivity contribution is 5.45. The molecule has 15 heavy (non-hydrogen) atoms. The second kappa shape index (κ2) is 3.77. The number of hydrogen-bond acceptors (Lipinski definition) is 2. The van der Waals surface area contributed by atoms with E-state index >= 15 is 0 Å². The molecule has 0 amide bonds. The van der Waals surface area contributed by atoms with Gasteiger partial charge in [0.05, 0.1) is 11.5 Å². The lowest BCUT2D eigenvalue weighted by molar-refractivity contribution is 0.350. The summed E-state index contributed by atoms with van der Waals surface area (Å²) >= 11 is 0. The van der Waals surface area contributed by atoms with Crippen LogP contribution in [0.2, 0.25) is 0 Å². The summed E-state index contributed by atoms with van der Waals surface area (Å²) in [5, 5.41) is 17.6. The molecule has 0 atom stereocenters. The maximum atomic E-state index is 9.05. The number of benzene rings is 1. The first-order valence-corrected chi connectivity index (χ1v) is 4.92. The second-order valence-corrected chi connectivity index (χ2v) is 3.73. The first-order chi connectivity index (χ1) is 7.30. The van der Waals surface area contributed by atoms with E-state index in [1.807, 2.05) is 24.3 Å². The van der Waals surface area contributed by atoms with E-state index < -0.39 is 0 Å². The molecule has 1 aromatic rings. The highest BCUT2D eigenvalue weighted by Crippen LogP contribution is 2.47. The number of nitriles is 1. The lowest BCUT2D eigenvalue weighted by Gasteiger charge is -2.05. The number of aliphatic hydroxyl groups excluding tert-OH is 1. The Balaban J connectivity index is 2.32. The summed E-state index contributed by atoms with van der Waals surface area (Å²) in [5.41, 5.74) is 1.66. The molecular weight excluding hydrogens is 186 g/mol. The van der Waals surface area contributed by atoms with Crippen LogP contribution < -0.4 is 0 Å². The quantitative estimate of drug-likeness (QED) is 0.695. The van der Waals surface area contributed by atoms with Crippen molar-refractivity contribution in [3.8, 4) is 17.9 Å². The molecule has 2 nitrogen and oxygen atoms in total. The monoisotopic (exact) mass is 197 g/mol. The van der Waals surface area contributed by atoms with Gasteiger partial charge in [-0.05, 0) is 30.5 Å². The highest BCUT2D eigenvalue weighted by atomic mass is 16.2. The third-order valence-electron chi connectivity index (χ3n) is 2.69. The van der Waals surface area contributed by atoms with Gasteiger partial charge in [-0.2, -0.15) is 5.26 Å². The zero-order valence-electron chi connectivity index (χ0n) is 8.33. The molecule has 2 heteroatoms. The molecular formula is C13H11NO. The van der Waals surface area contributed by atoms with Crippen LogP contribution in [0.25, 0.3) is 0 Å². The first-order valence-electron chi connectivity index (χ1n) is 4.92. The van der Waals surface area contributed by atoms with Gasteiger partial charge in [0.15, 0.2) is 0 Å². The Hall–Kier alpha value is -1.77. The normalized spacial score (nSPS) is 16.0. The van der Waals surface area contributed by atoms with E-state index in [-0.39, 0.29) is 12.0 Å². The number of hydrogen-bond donors (Lipinski definition) is 1. The van der Waals surface area contributed by atoms with Crippen molar-refractivity contribution in [3.63, 3.8) is 0 Å². The zero-order valence-corrected chi connectivity index (χ0v) is 8.33. The topological polar surface area (TPSA) is 44.0 Å². The largest absolute Gasteiger partial charge is 0.384 e. The van der Waals surface area contributed by atoms with Gasteiger partial charge in [-0.15, -0.1) is 0 Å². The molecule has 74 valence electrons. The van der Waals surface area contributed by atoms with Crippen LogP contribution in [0.1, 0.15) is 24.0 Å². The van der Waals surface area contributed by atoms with Crippen molar-refractivity contribution in [2.75, 3.05) is 6.61 Å². The van der Waals surface area contributed by atoms with Crippen molar-refractivity contribution in [3.05, 3.63) is 35.4 Å². The van der Waals surface area contributed by atoms with E-state index in [0.29, 0.717) is 0 Å². The molecule has 1 aliphatic rings. The Labute approximate surface area is 89.2 Å². The molecule has 2 rings (SSSR count). The van der Waals surface area contributed by atoms with E-state index in [1.165, 1.54) is 0 Å². The van der Waals surface area contributed by atoms with Gasteiger partial charge in [-0.25, -0.2) is 0 Å². The van der Waals surface area contributed by atoms with Crippen LogP contribution in [0.3, 0.4) is 0 Å². The molecule has 0 unspecified atom stereocenters. The molecule has 1 fully saturated rings. The maximum Gasteiger partial charge on any atom is 0.104 e. The van der Waals surface area contributed by atoms with Crippen LogP contribution in [0.15, 0.2) is 24.3 Å². The Morgan fingerprint density at radius 2 is 2.20 bits per heavy atom. The molecule has 0 saturated heterocycles. The van der Waals surface area contributed by atoms with E-state index in [2.05, 4.69) is 17.9 Å². The Bertz CT molecular complexity index is 469. The Morgan fingerprint density at radius 3 is 2.80 bits per heavy atom. The first kappa shape index (κ1) is 9.77. The van der Waals surface area contributed by atoms with Crippen LogP contribution in [-0.2, 0) is 5.41 Å². The van der Waals surface area contributed by atoms with E-state index in [0.717, 1.165) is 24.0 Å². The predicted octanol–water partition coefficient (Wildman–Crippen LogP) is 1.59. The summed E-state index contributed by atoms with van der Waals surface area (Å²) in [6.07, 6.45) is 1.89. The van der Waals surface area contributed by atoms with Gasteiger partial charge in [0, 0.05) is 5.56 Å². The fourth-order valence-electron chi connectivity index (χ4n) is 1.63. The van der Waals surface area contributed by atoms with Gasteiger partial charge in [0.25, 0.3) is 0 Å². The zero-order chi connectivity index (χ0) is 10.7. The van der Waals surface area contributed by atoms with E-state index in [9.17, 15) is 0 Å². The number of rotatable bonds is 1. The summed E-state index contributed by atoms with van der Waals surface area (Å²) in [5.74, 6) is 5.45. The number of nitrogens with zero attached hydrogens (tertiary/aromatic N) is 1. The molecule has 0 radical (unpaired) electrons. The van der Waals surface area contributed by atoms with Crippen molar-refractivity contribution >= 4 is 0 Å². The van der Waals surface area contributed by atoms with Crippen molar-refractivity contribution in [1.29, 1.82) is 5.26 Å². The molecule has 0 aliphatic heterocycles. The van der Waals surface area contributed by atoms with Crippen LogP contribution in [0, 0.1) is 23.2 Å². The molecule has 0 heterocycles. The molecule has 1 saturated carbocycles. The molecule has 1 N–H and O–H groups in total. The summed E-state index contributed by atoms with van der Waals surface area (Å²) in [6, 6.07) is 10.1. The number of aliphatic hydroxyl groups is 1. The summed E-state index contributed by atoms with van der Waals surface area (Å²) < 4.78 is 0.